The summed E-state index contributed by atoms with van der Waals surface area (Å²) in [5, 5.41) is 1.51. The normalized spacial score (nSPS) is 11.0. The van der Waals surface area contributed by atoms with Gasteiger partial charge in [0.25, 0.3) is 0 Å². The lowest BCUT2D eigenvalue weighted by Crippen LogP contribution is -2.42. The summed E-state index contributed by atoms with van der Waals surface area (Å²) in [6, 6.07) is 10.7. The summed E-state index contributed by atoms with van der Waals surface area (Å²) in [7, 11) is 3.32. The number of benzene rings is 1. The van der Waals surface area contributed by atoms with E-state index in [1.165, 1.54) is 5.19 Å². The molecule has 0 N–H and O–H groups in total. The van der Waals surface area contributed by atoms with Crippen LogP contribution in [0.1, 0.15) is 0 Å². The SMILES string of the molecule is C[Si](C)[Si]([Si])c1ccccc1. The highest BCUT2D eigenvalue weighted by Gasteiger charge is 2.11. The molecule has 5 radical (unpaired) electrons. The summed E-state index contributed by atoms with van der Waals surface area (Å²) in [5.41, 5.74) is 0. The molecule has 1 aromatic rings. The Bertz CT molecular complexity index is 208. The van der Waals surface area contributed by atoms with Crippen molar-refractivity contribution in [1.82, 2.24) is 0 Å². The van der Waals surface area contributed by atoms with Crippen molar-refractivity contribution in [2.75, 3.05) is 0 Å². The fraction of sp³-hybridized carbons (Fsp3) is 0.250. The van der Waals surface area contributed by atoms with Gasteiger partial charge in [0, 0.05) is 18.1 Å². The van der Waals surface area contributed by atoms with Gasteiger partial charge in [0.1, 0.15) is 0 Å². The Morgan fingerprint density at radius 2 is 1.64 bits per heavy atom. The van der Waals surface area contributed by atoms with Crippen molar-refractivity contribution < 1.29 is 0 Å². The highest BCUT2D eigenvalue weighted by molar-refractivity contribution is 7.45. The zero-order valence-electron chi connectivity index (χ0n) is 6.89. The third-order valence-electron chi connectivity index (χ3n) is 1.56. The molecule has 0 spiro atoms. The fourth-order valence-corrected chi connectivity index (χ4v) is 4.73. The first kappa shape index (κ1) is 8.96. The quantitative estimate of drug-likeness (QED) is 0.609. The van der Waals surface area contributed by atoms with Crippen molar-refractivity contribution in [1.29, 1.82) is 0 Å². The van der Waals surface area contributed by atoms with Crippen LogP contribution < -0.4 is 5.19 Å². The van der Waals surface area contributed by atoms with Crippen LogP contribution in [0.15, 0.2) is 30.3 Å². The molecule has 0 atom stereocenters. The van der Waals surface area contributed by atoms with Gasteiger partial charge in [-0.2, -0.15) is 0 Å². The van der Waals surface area contributed by atoms with Crippen LogP contribution in [-0.4, -0.2) is 25.9 Å². The molecule has 1 aromatic carbocycles. The van der Waals surface area contributed by atoms with Crippen LogP contribution in [0.4, 0.5) is 0 Å². The highest BCUT2D eigenvalue weighted by Crippen LogP contribution is 1.89. The molecular weight excluding hydrogens is 180 g/mol. The van der Waals surface area contributed by atoms with Crippen LogP contribution in [0.25, 0.3) is 0 Å². The van der Waals surface area contributed by atoms with Gasteiger partial charge in [-0.25, -0.2) is 0 Å². The molecule has 0 fully saturated rings. The first-order valence-corrected chi connectivity index (χ1v) is 10.2. The van der Waals surface area contributed by atoms with E-state index in [4.69, 9.17) is 0 Å². The molecular formula is C8H11Si3. The van der Waals surface area contributed by atoms with Crippen molar-refractivity contribution in [3.8, 4) is 0 Å². The van der Waals surface area contributed by atoms with Gasteiger partial charge in [-0.05, 0) is 0 Å². The molecule has 0 nitrogen and oxygen atoms in total. The van der Waals surface area contributed by atoms with Crippen molar-refractivity contribution in [3.63, 3.8) is 0 Å². The van der Waals surface area contributed by atoms with Gasteiger partial charge in [-0.3, -0.25) is 0 Å². The van der Waals surface area contributed by atoms with Crippen LogP contribution >= 0.6 is 0 Å². The molecule has 11 heavy (non-hydrogen) atoms. The number of rotatable bonds is 2. The molecule has 0 saturated heterocycles. The van der Waals surface area contributed by atoms with E-state index in [-0.39, 0.29) is 16.1 Å². The monoisotopic (exact) mass is 191 g/mol. The molecule has 0 unspecified atom stereocenters. The third kappa shape index (κ3) is 2.43. The predicted molar refractivity (Wildman–Crippen MR) is 55.1 cm³/mol. The van der Waals surface area contributed by atoms with E-state index < -0.39 is 0 Å². The lowest BCUT2D eigenvalue weighted by molar-refractivity contribution is 1.77. The zero-order valence-corrected chi connectivity index (χ0v) is 9.89. The second-order valence-corrected chi connectivity index (χ2v) is 13.6. The average molecular weight is 191 g/mol. The molecule has 0 aromatic heterocycles. The number of hydrogen-bond donors (Lipinski definition) is 0. The highest BCUT2D eigenvalue weighted by atomic mass is 29.6. The predicted octanol–water partition coefficient (Wildman–Crippen LogP) is 0.886. The fourth-order valence-electron chi connectivity index (χ4n) is 0.893. The van der Waals surface area contributed by atoms with Gasteiger partial charge in [0.15, 0.2) is 0 Å². The first-order chi connectivity index (χ1) is 5.22. The van der Waals surface area contributed by atoms with Crippen molar-refractivity contribution >= 4 is 31.1 Å². The molecule has 0 heterocycles. The summed E-state index contributed by atoms with van der Waals surface area (Å²) >= 11 is 0. The standard InChI is InChI=1S/C8H11Si3/c1-10(2)11(9)8-6-4-3-5-7-8/h3-7H,1-2H3. The van der Waals surface area contributed by atoms with Gasteiger partial charge < -0.3 is 0 Å². The summed E-state index contributed by atoms with van der Waals surface area (Å²) < 4.78 is 0. The van der Waals surface area contributed by atoms with E-state index in [1.807, 2.05) is 0 Å². The number of hydrogen-bond acceptors (Lipinski definition) is 0. The van der Waals surface area contributed by atoms with Gasteiger partial charge >= 0.3 is 0 Å². The molecule has 0 aliphatic heterocycles. The van der Waals surface area contributed by atoms with Crippen LogP contribution in [0.2, 0.25) is 13.1 Å². The van der Waals surface area contributed by atoms with Crippen LogP contribution in [0.3, 0.4) is 0 Å². The Kier molecular flexibility index (Phi) is 3.29. The summed E-state index contributed by atoms with van der Waals surface area (Å²) in [6.45, 7) is 4.72. The Morgan fingerprint density at radius 3 is 2.09 bits per heavy atom. The van der Waals surface area contributed by atoms with E-state index in [1.54, 1.807) is 0 Å². The topological polar surface area (TPSA) is 0 Å². The molecule has 0 amide bonds. The molecule has 0 saturated carbocycles. The van der Waals surface area contributed by atoms with Gasteiger partial charge in [-0.1, -0.05) is 48.6 Å². The maximum Gasteiger partial charge on any atom is 0.0577 e. The second-order valence-electron chi connectivity index (χ2n) is 2.74. The van der Waals surface area contributed by atoms with Crippen molar-refractivity contribution in [2.45, 2.75) is 13.1 Å². The molecule has 1 rings (SSSR count). The summed E-state index contributed by atoms with van der Waals surface area (Å²) in [6.07, 6.45) is 0. The minimum absolute atomic E-state index is 0.149. The van der Waals surface area contributed by atoms with Crippen LogP contribution in [-0.2, 0) is 0 Å². The molecule has 0 aliphatic carbocycles. The van der Waals surface area contributed by atoms with E-state index in [0.717, 1.165) is 0 Å². The van der Waals surface area contributed by atoms with Gasteiger partial charge in [0.05, 0.1) is 7.83 Å². The molecule has 0 bridgehead atoms. The summed E-state index contributed by atoms with van der Waals surface area (Å²) in [4.78, 5) is 0. The zero-order chi connectivity index (χ0) is 8.27. The Hall–Kier alpha value is -0.129. The molecule has 55 valence electrons. The van der Waals surface area contributed by atoms with E-state index in [0.29, 0.717) is 0 Å². The van der Waals surface area contributed by atoms with E-state index >= 15 is 0 Å². The van der Waals surface area contributed by atoms with Crippen LogP contribution in [0.5, 0.6) is 0 Å². The molecule has 3 heteroatoms. The smallest absolute Gasteiger partial charge is 0.0577 e. The van der Waals surface area contributed by atoms with Gasteiger partial charge in [-0.15, -0.1) is 0 Å². The van der Waals surface area contributed by atoms with E-state index in [9.17, 15) is 0 Å². The lowest BCUT2D eigenvalue weighted by Gasteiger charge is -2.11. The first-order valence-electron chi connectivity index (χ1n) is 3.66. The second kappa shape index (κ2) is 4.04. The minimum Gasteiger partial charge on any atom is -0.0734 e. The van der Waals surface area contributed by atoms with Crippen LogP contribution in [0, 0.1) is 0 Å². The summed E-state index contributed by atoms with van der Waals surface area (Å²) in [5.74, 6) is 0. The maximum atomic E-state index is 3.85. The average Bonchev–Trinajstić information content (AvgIpc) is 2.05. The Morgan fingerprint density at radius 1 is 1.09 bits per heavy atom. The third-order valence-corrected chi connectivity index (χ3v) is 12.7. The van der Waals surface area contributed by atoms with Gasteiger partial charge in [0.2, 0.25) is 0 Å². The minimum atomic E-state index is -0.377. The maximum absolute atomic E-state index is 3.85. The Labute approximate surface area is 74.9 Å². The largest absolute Gasteiger partial charge is 0.0734 e. The lowest BCUT2D eigenvalue weighted by atomic mass is 10.4. The van der Waals surface area contributed by atoms with Crippen molar-refractivity contribution in [3.05, 3.63) is 30.3 Å². The molecule has 0 aliphatic rings. The van der Waals surface area contributed by atoms with Crippen molar-refractivity contribution in [2.24, 2.45) is 0 Å². The van der Waals surface area contributed by atoms with E-state index in [2.05, 4.69) is 53.2 Å². The Balaban J connectivity index is 2.77.